The van der Waals surface area contributed by atoms with Gasteiger partial charge in [0.25, 0.3) is 0 Å². The molecular formula is C16H23N3O2. The van der Waals surface area contributed by atoms with Gasteiger partial charge in [0, 0.05) is 12.6 Å². The van der Waals surface area contributed by atoms with Gasteiger partial charge in [-0.2, -0.15) is 0 Å². The van der Waals surface area contributed by atoms with Crippen molar-refractivity contribution in [3.8, 4) is 0 Å². The van der Waals surface area contributed by atoms with Crippen LogP contribution in [0.5, 0.6) is 0 Å². The summed E-state index contributed by atoms with van der Waals surface area (Å²) in [7, 11) is 0. The van der Waals surface area contributed by atoms with Gasteiger partial charge < -0.3 is 16.4 Å². The molecule has 1 aliphatic rings. The van der Waals surface area contributed by atoms with Crippen LogP contribution in [0.3, 0.4) is 0 Å². The molecule has 2 amide bonds. The topological polar surface area (TPSA) is 84.2 Å². The maximum Gasteiger partial charge on any atom is 0.242 e. The van der Waals surface area contributed by atoms with Crippen LogP contribution >= 0.6 is 0 Å². The highest BCUT2D eigenvalue weighted by Gasteiger charge is 2.27. The van der Waals surface area contributed by atoms with E-state index in [1.54, 1.807) is 6.92 Å². The molecule has 0 heterocycles. The number of carbonyl (C=O) groups excluding carboxylic acids is 2. The number of rotatable bonds is 7. The Labute approximate surface area is 125 Å². The first-order valence-corrected chi connectivity index (χ1v) is 7.45. The van der Waals surface area contributed by atoms with Crippen LogP contribution in [0.2, 0.25) is 0 Å². The van der Waals surface area contributed by atoms with E-state index in [0.717, 1.165) is 18.4 Å². The van der Waals surface area contributed by atoms with Crippen molar-refractivity contribution in [1.29, 1.82) is 0 Å². The average Bonchev–Trinajstić information content (AvgIpc) is 3.29. The van der Waals surface area contributed by atoms with E-state index in [-0.39, 0.29) is 24.3 Å². The summed E-state index contributed by atoms with van der Waals surface area (Å²) >= 11 is 0. The van der Waals surface area contributed by atoms with E-state index in [1.807, 2.05) is 30.3 Å². The molecular weight excluding hydrogens is 266 g/mol. The highest BCUT2D eigenvalue weighted by atomic mass is 16.2. The van der Waals surface area contributed by atoms with Gasteiger partial charge in [0.2, 0.25) is 11.8 Å². The predicted molar refractivity (Wildman–Crippen MR) is 81.5 cm³/mol. The minimum absolute atomic E-state index is 0.124. The van der Waals surface area contributed by atoms with Crippen molar-refractivity contribution in [1.82, 2.24) is 10.6 Å². The van der Waals surface area contributed by atoms with Crippen molar-refractivity contribution in [2.75, 3.05) is 6.54 Å². The van der Waals surface area contributed by atoms with E-state index in [2.05, 4.69) is 10.6 Å². The van der Waals surface area contributed by atoms with E-state index in [9.17, 15) is 9.59 Å². The van der Waals surface area contributed by atoms with Crippen molar-refractivity contribution < 1.29 is 9.59 Å². The Morgan fingerprint density at radius 3 is 2.48 bits per heavy atom. The van der Waals surface area contributed by atoms with Crippen LogP contribution in [0.15, 0.2) is 30.3 Å². The molecule has 0 aliphatic heterocycles. The van der Waals surface area contributed by atoms with Gasteiger partial charge in [-0.25, -0.2) is 0 Å². The summed E-state index contributed by atoms with van der Waals surface area (Å²) < 4.78 is 0. The summed E-state index contributed by atoms with van der Waals surface area (Å²) in [6, 6.07) is 9.53. The first-order valence-electron chi connectivity index (χ1n) is 7.45. The van der Waals surface area contributed by atoms with Crippen LogP contribution in [0.25, 0.3) is 0 Å². The zero-order chi connectivity index (χ0) is 15.2. The molecule has 5 heteroatoms. The summed E-state index contributed by atoms with van der Waals surface area (Å²) in [5.41, 5.74) is 6.77. The summed E-state index contributed by atoms with van der Waals surface area (Å²) in [5.74, 6) is -0.607. The Kier molecular flexibility index (Phi) is 5.33. The molecule has 1 aromatic carbocycles. The van der Waals surface area contributed by atoms with Gasteiger partial charge in [0.05, 0.1) is 5.92 Å². The number of carbonyl (C=O) groups is 2. The first-order chi connectivity index (χ1) is 10.1. The van der Waals surface area contributed by atoms with Gasteiger partial charge in [-0.1, -0.05) is 30.3 Å². The molecule has 0 aromatic heterocycles. The maximum absolute atomic E-state index is 12.2. The molecule has 2 rings (SSSR count). The predicted octanol–water partition coefficient (Wildman–Crippen LogP) is 0.587. The fourth-order valence-electron chi connectivity index (χ4n) is 2.13. The number of nitrogens with one attached hydrogen (secondary N) is 2. The molecule has 5 nitrogen and oxygen atoms in total. The molecule has 0 saturated heterocycles. The molecule has 0 spiro atoms. The molecule has 0 radical (unpaired) electrons. The summed E-state index contributed by atoms with van der Waals surface area (Å²) in [4.78, 5) is 24.1. The summed E-state index contributed by atoms with van der Waals surface area (Å²) in [6.45, 7) is 1.96. The third-order valence-electron chi connectivity index (χ3n) is 3.66. The lowest BCUT2D eigenvalue weighted by molar-refractivity contribution is -0.130. The average molecular weight is 289 g/mol. The van der Waals surface area contributed by atoms with E-state index in [1.165, 1.54) is 0 Å². The van der Waals surface area contributed by atoms with Crippen LogP contribution in [-0.2, 0) is 16.0 Å². The lowest BCUT2D eigenvalue weighted by Crippen LogP contribution is -2.48. The van der Waals surface area contributed by atoms with Gasteiger partial charge in [-0.3, -0.25) is 9.59 Å². The zero-order valence-electron chi connectivity index (χ0n) is 12.3. The minimum Gasteiger partial charge on any atom is -0.352 e. The molecule has 1 fully saturated rings. The fraction of sp³-hybridized carbons (Fsp3) is 0.500. The van der Waals surface area contributed by atoms with Crippen LogP contribution in [0.4, 0.5) is 0 Å². The lowest BCUT2D eigenvalue weighted by atomic mass is 9.98. The van der Waals surface area contributed by atoms with Crippen LogP contribution in [-0.4, -0.2) is 30.4 Å². The smallest absolute Gasteiger partial charge is 0.242 e. The van der Waals surface area contributed by atoms with Gasteiger partial charge >= 0.3 is 0 Å². The van der Waals surface area contributed by atoms with Gasteiger partial charge in [-0.05, 0) is 31.7 Å². The molecule has 1 aromatic rings. The molecule has 2 atom stereocenters. The summed E-state index contributed by atoms with van der Waals surface area (Å²) in [5, 5.41) is 5.63. The molecule has 21 heavy (non-hydrogen) atoms. The van der Waals surface area contributed by atoms with Gasteiger partial charge in [-0.15, -0.1) is 0 Å². The third-order valence-corrected chi connectivity index (χ3v) is 3.66. The van der Waals surface area contributed by atoms with Crippen molar-refractivity contribution >= 4 is 11.8 Å². The Balaban J connectivity index is 1.85. The van der Waals surface area contributed by atoms with Crippen LogP contribution in [0, 0.1) is 5.92 Å². The second-order valence-corrected chi connectivity index (χ2v) is 5.64. The van der Waals surface area contributed by atoms with Crippen molar-refractivity contribution in [2.24, 2.45) is 11.7 Å². The number of amides is 2. The normalized spacial score (nSPS) is 16.9. The lowest BCUT2D eigenvalue weighted by Gasteiger charge is -2.19. The quantitative estimate of drug-likeness (QED) is 0.687. The second kappa shape index (κ2) is 7.22. The number of hydrogen-bond acceptors (Lipinski definition) is 3. The van der Waals surface area contributed by atoms with Crippen molar-refractivity contribution in [3.63, 3.8) is 0 Å². The van der Waals surface area contributed by atoms with Gasteiger partial charge in [0.15, 0.2) is 0 Å². The Morgan fingerprint density at radius 2 is 1.90 bits per heavy atom. The zero-order valence-corrected chi connectivity index (χ0v) is 12.3. The minimum atomic E-state index is -0.525. The Morgan fingerprint density at radius 1 is 1.24 bits per heavy atom. The number of hydrogen-bond donors (Lipinski definition) is 3. The largest absolute Gasteiger partial charge is 0.352 e. The molecule has 1 saturated carbocycles. The van der Waals surface area contributed by atoms with Crippen molar-refractivity contribution in [2.45, 2.75) is 38.3 Å². The van der Waals surface area contributed by atoms with Crippen LogP contribution in [0.1, 0.15) is 25.3 Å². The molecule has 1 aliphatic carbocycles. The van der Waals surface area contributed by atoms with E-state index < -0.39 is 6.04 Å². The Hall–Kier alpha value is -1.88. The maximum atomic E-state index is 12.2. The molecule has 0 bridgehead atoms. The van der Waals surface area contributed by atoms with E-state index >= 15 is 0 Å². The molecule has 114 valence electrons. The van der Waals surface area contributed by atoms with E-state index in [4.69, 9.17) is 5.73 Å². The molecule has 2 unspecified atom stereocenters. The number of benzene rings is 1. The van der Waals surface area contributed by atoms with Crippen molar-refractivity contribution in [3.05, 3.63) is 35.9 Å². The SMILES string of the molecule is CC(NC(=O)C(CN)Cc1ccccc1)C(=O)NC1CC1. The molecule has 4 N–H and O–H groups in total. The Bertz CT molecular complexity index is 486. The second-order valence-electron chi connectivity index (χ2n) is 5.64. The van der Waals surface area contributed by atoms with E-state index in [0.29, 0.717) is 12.5 Å². The van der Waals surface area contributed by atoms with Gasteiger partial charge in [0.1, 0.15) is 6.04 Å². The first kappa shape index (κ1) is 15.5. The number of nitrogens with two attached hydrogens (primary N) is 1. The highest BCUT2D eigenvalue weighted by Crippen LogP contribution is 2.18. The fourth-order valence-corrected chi connectivity index (χ4v) is 2.13. The third kappa shape index (κ3) is 4.86. The highest BCUT2D eigenvalue weighted by molar-refractivity contribution is 5.88. The standard InChI is InChI=1S/C16H23N3O2/c1-11(15(20)19-14-7-8-14)18-16(21)13(10-17)9-12-5-3-2-4-6-12/h2-6,11,13-14H,7-10,17H2,1H3,(H,18,21)(H,19,20). The monoisotopic (exact) mass is 289 g/mol. The summed E-state index contributed by atoms with van der Waals surface area (Å²) in [6.07, 6.45) is 2.65. The van der Waals surface area contributed by atoms with Crippen LogP contribution < -0.4 is 16.4 Å².